The van der Waals surface area contributed by atoms with Gasteiger partial charge in [-0.3, -0.25) is 0 Å². The lowest BCUT2D eigenvalue weighted by Gasteiger charge is -2.16. The summed E-state index contributed by atoms with van der Waals surface area (Å²) in [7, 11) is 1.21. The topological polar surface area (TPSA) is 92.3 Å². The third kappa shape index (κ3) is 4.25. The molecule has 6 nitrogen and oxygen atoms in total. The normalized spacial score (nSPS) is 10.0. The van der Waals surface area contributed by atoms with Crippen LogP contribution < -0.4 is 9.47 Å². The highest BCUT2D eigenvalue weighted by Gasteiger charge is 2.29. The minimum Gasteiger partial charge on any atom is -0.465 e. The second-order valence-electron chi connectivity index (χ2n) is 5.91. The molecule has 3 aromatic carbocycles. The summed E-state index contributed by atoms with van der Waals surface area (Å²) in [6, 6.07) is 14.3. The number of carbonyl (C=O) groups excluding carboxylic acids is 1. The Labute approximate surface area is 180 Å². The van der Waals surface area contributed by atoms with E-state index < -0.39 is 40.2 Å². The second kappa shape index (κ2) is 9.12. The van der Waals surface area contributed by atoms with Crippen molar-refractivity contribution in [3.63, 3.8) is 0 Å². The van der Waals surface area contributed by atoms with Gasteiger partial charge in [-0.25, -0.2) is 13.6 Å². The van der Waals surface area contributed by atoms with E-state index in [1.807, 2.05) is 0 Å². The van der Waals surface area contributed by atoms with Crippen LogP contribution >= 0.6 is 11.6 Å². The summed E-state index contributed by atoms with van der Waals surface area (Å²) in [6.07, 6.45) is 0. The van der Waals surface area contributed by atoms with Gasteiger partial charge >= 0.3 is 5.97 Å². The van der Waals surface area contributed by atoms with Gasteiger partial charge < -0.3 is 14.2 Å². The summed E-state index contributed by atoms with van der Waals surface area (Å²) in [6.45, 7) is 0. The number of nitrogens with zero attached hydrogens (tertiary/aromatic N) is 2. The van der Waals surface area contributed by atoms with Crippen LogP contribution in [0.15, 0.2) is 48.5 Å². The maximum atomic E-state index is 15.1. The van der Waals surface area contributed by atoms with Gasteiger partial charge in [0.1, 0.15) is 34.8 Å². The molecule has 0 N–H and O–H groups in total. The Morgan fingerprint density at radius 2 is 1.45 bits per heavy atom. The van der Waals surface area contributed by atoms with E-state index in [1.54, 1.807) is 12.1 Å². The fourth-order valence-electron chi connectivity index (χ4n) is 2.57. The third-order valence-corrected chi connectivity index (χ3v) is 4.37. The molecule has 31 heavy (non-hydrogen) atoms. The van der Waals surface area contributed by atoms with Gasteiger partial charge in [-0.2, -0.15) is 10.5 Å². The molecular weight excluding hydrogens is 430 g/mol. The lowest BCUT2D eigenvalue weighted by Crippen LogP contribution is -2.04. The highest BCUT2D eigenvalue weighted by Crippen LogP contribution is 2.43. The van der Waals surface area contributed by atoms with Crippen LogP contribution in [-0.4, -0.2) is 13.1 Å². The fourth-order valence-corrected chi connectivity index (χ4v) is 2.74. The van der Waals surface area contributed by atoms with Crippen LogP contribution in [0.4, 0.5) is 8.78 Å². The van der Waals surface area contributed by atoms with Crippen molar-refractivity contribution in [3.05, 3.63) is 81.9 Å². The lowest BCUT2D eigenvalue weighted by molar-refractivity contribution is 0.0600. The van der Waals surface area contributed by atoms with Gasteiger partial charge in [0.05, 0.1) is 17.7 Å². The number of hydrogen-bond acceptors (Lipinski definition) is 6. The predicted octanol–water partition coefficient (Wildman–Crippen LogP) is 5.73. The molecule has 0 bridgehead atoms. The van der Waals surface area contributed by atoms with Crippen molar-refractivity contribution in [3.8, 4) is 35.1 Å². The van der Waals surface area contributed by atoms with Crippen molar-refractivity contribution < 1.29 is 27.8 Å². The summed E-state index contributed by atoms with van der Waals surface area (Å²) in [5, 5.41) is 18.5. The molecule has 0 amide bonds. The predicted molar refractivity (Wildman–Crippen MR) is 105 cm³/mol. The van der Waals surface area contributed by atoms with Gasteiger partial charge in [0.2, 0.25) is 11.5 Å². The first-order valence-corrected chi connectivity index (χ1v) is 8.92. The van der Waals surface area contributed by atoms with Crippen LogP contribution in [0.25, 0.3) is 0 Å². The minimum atomic E-state index is -1.29. The van der Waals surface area contributed by atoms with Crippen LogP contribution in [-0.2, 0) is 4.74 Å². The van der Waals surface area contributed by atoms with E-state index in [4.69, 9.17) is 21.1 Å². The maximum absolute atomic E-state index is 15.1. The Kier molecular flexibility index (Phi) is 6.35. The van der Waals surface area contributed by atoms with Crippen molar-refractivity contribution in [2.24, 2.45) is 0 Å². The minimum absolute atomic E-state index is 0.00330. The van der Waals surface area contributed by atoms with E-state index in [-0.39, 0.29) is 22.1 Å². The summed E-state index contributed by atoms with van der Waals surface area (Å²) in [5.41, 5.74) is -1.48. The van der Waals surface area contributed by atoms with Crippen LogP contribution in [0.3, 0.4) is 0 Å². The smallest absolute Gasteiger partial charge is 0.337 e. The van der Waals surface area contributed by atoms with Gasteiger partial charge in [-0.05, 0) is 36.4 Å². The Morgan fingerprint density at radius 1 is 0.903 bits per heavy atom. The van der Waals surface area contributed by atoms with Gasteiger partial charge in [0.25, 0.3) is 0 Å². The number of benzene rings is 3. The standard InChI is InChI=1S/C22H11ClF2N2O4/c1-29-22(28)12-6-8-13(9-7-12)30-20-18(24)14(10-26)15(11-27)19(25)21(20)31-17-5-3-2-4-16(17)23/h2-9H,1H3. The summed E-state index contributed by atoms with van der Waals surface area (Å²) in [4.78, 5) is 11.6. The molecule has 0 aliphatic heterocycles. The highest BCUT2D eigenvalue weighted by molar-refractivity contribution is 6.32. The number of methoxy groups -OCH3 is 1. The second-order valence-corrected chi connectivity index (χ2v) is 6.32. The number of halogens is 3. The molecule has 0 saturated carbocycles. The van der Waals surface area contributed by atoms with Crippen LogP contribution in [0.2, 0.25) is 5.02 Å². The molecule has 0 aliphatic carbocycles. The molecule has 0 fully saturated rings. The monoisotopic (exact) mass is 440 g/mol. The number of esters is 1. The van der Waals surface area contributed by atoms with Crippen molar-refractivity contribution >= 4 is 17.6 Å². The molecule has 0 radical (unpaired) electrons. The maximum Gasteiger partial charge on any atom is 0.337 e. The first-order chi connectivity index (χ1) is 14.9. The zero-order chi connectivity index (χ0) is 22.5. The number of ether oxygens (including phenoxy) is 3. The molecule has 0 saturated heterocycles. The number of carbonyl (C=O) groups is 1. The quantitative estimate of drug-likeness (QED) is 0.470. The van der Waals surface area contributed by atoms with Crippen molar-refractivity contribution in [1.29, 1.82) is 10.5 Å². The van der Waals surface area contributed by atoms with E-state index in [0.717, 1.165) is 0 Å². The molecule has 0 aromatic heterocycles. The number of para-hydroxylation sites is 1. The van der Waals surface area contributed by atoms with E-state index >= 15 is 8.78 Å². The molecule has 154 valence electrons. The van der Waals surface area contributed by atoms with Crippen LogP contribution in [0, 0.1) is 34.3 Å². The number of hydrogen-bond donors (Lipinski definition) is 0. The molecule has 0 heterocycles. The van der Waals surface area contributed by atoms with E-state index in [2.05, 4.69) is 4.74 Å². The Morgan fingerprint density at radius 3 is 1.97 bits per heavy atom. The van der Waals surface area contributed by atoms with Crippen LogP contribution in [0.1, 0.15) is 21.5 Å². The molecule has 0 aliphatic rings. The van der Waals surface area contributed by atoms with Crippen molar-refractivity contribution in [2.75, 3.05) is 7.11 Å². The Bertz CT molecular complexity index is 1250. The van der Waals surface area contributed by atoms with Gasteiger partial charge in [-0.1, -0.05) is 23.7 Å². The van der Waals surface area contributed by atoms with E-state index in [1.165, 1.54) is 55.6 Å². The van der Waals surface area contributed by atoms with Crippen molar-refractivity contribution in [2.45, 2.75) is 0 Å². The average molecular weight is 441 g/mol. The number of nitriles is 2. The molecule has 3 rings (SSSR count). The SMILES string of the molecule is COC(=O)c1ccc(Oc2c(F)c(C#N)c(C#N)c(F)c2Oc2ccccc2Cl)cc1. The highest BCUT2D eigenvalue weighted by atomic mass is 35.5. The van der Waals surface area contributed by atoms with Gasteiger partial charge in [0, 0.05) is 0 Å². The number of rotatable bonds is 5. The van der Waals surface area contributed by atoms with E-state index in [0.29, 0.717) is 0 Å². The molecule has 0 unspecified atom stereocenters. The van der Waals surface area contributed by atoms with E-state index in [9.17, 15) is 15.3 Å². The first kappa shape index (κ1) is 21.6. The molecular formula is C22H11ClF2N2O4. The zero-order valence-electron chi connectivity index (χ0n) is 15.8. The third-order valence-electron chi connectivity index (χ3n) is 4.06. The van der Waals surface area contributed by atoms with Crippen LogP contribution in [0.5, 0.6) is 23.0 Å². The summed E-state index contributed by atoms with van der Waals surface area (Å²) in [5.74, 6) is -4.74. The lowest BCUT2D eigenvalue weighted by atomic mass is 10.1. The molecule has 3 aromatic rings. The zero-order valence-corrected chi connectivity index (χ0v) is 16.5. The fraction of sp³-hybridized carbons (Fsp3) is 0.0455. The Hall–Kier alpha value is -4.14. The summed E-state index contributed by atoms with van der Waals surface area (Å²) >= 11 is 6.03. The summed E-state index contributed by atoms with van der Waals surface area (Å²) < 4.78 is 45.6. The molecule has 0 atom stereocenters. The van der Waals surface area contributed by atoms with Gasteiger partial charge in [-0.15, -0.1) is 0 Å². The van der Waals surface area contributed by atoms with Crippen molar-refractivity contribution in [1.82, 2.24) is 0 Å². The van der Waals surface area contributed by atoms with Gasteiger partial charge in [0.15, 0.2) is 11.6 Å². The largest absolute Gasteiger partial charge is 0.465 e. The first-order valence-electron chi connectivity index (χ1n) is 8.55. The Balaban J connectivity index is 2.14. The molecule has 0 spiro atoms. The molecule has 9 heteroatoms. The average Bonchev–Trinajstić information content (AvgIpc) is 2.79.